The van der Waals surface area contributed by atoms with E-state index in [1.165, 1.54) is 6.42 Å². The molecule has 2 bridgehead atoms. The Hall–Kier alpha value is -2.36. The average Bonchev–Trinajstić information content (AvgIpc) is 3.66. The zero-order valence-electron chi connectivity index (χ0n) is 23.3. The first-order valence-electron chi connectivity index (χ1n) is 14.8. The molecule has 226 valence electrons. The third kappa shape index (κ3) is 4.99. The Morgan fingerprint density at radius 3 is 1.69 bits per heavy atom. The fourth-order valence-corrected chi connectivity index (χ4v) is 12.6. The van der Waals surface area contributed by atoms with Gasteiger partial charge in [0.25, 0.3) is 0 Å². The van der Waals surface area contributed by atoms with Gasteiger partial charge in [-0.2, -0.15) is 26.0 Å². The number of benzene rings is 3. The van der Waals surface area contributed by atoms with Crippen LogP contribution >= 0.6 is 10.3 Å². The van der Waals surface area contributed by atoms with Crippen molar-refractivity contribution >= 4 is 20.4 Å². The van der Waals surface area contributed by atoms with Gasteiger partial charge in [0.15, 0.2) is 0 Å². The van der Waals surface area contributed by atoms with E-state index in [1.807, 2.05) is 12.1 Å². The average molecular weight is 621 g/mol. The van der Waals surface area contributed by atoms with Gasteiger partial charge in [0.2, 0.25) is 0 Å². The van der Waals surface area contributed by atoms with Crippen LogP contribution in [0.5, 0.6) is 0 Å². The summed E-state index contributed by atoms with van der Waals surface area (Å²) in [6.07, 6.45) is 7.02. The molecule has 3 atom stereocenters. The summed E-state index contributed by atoms with van der Waals surface area (Å²) in [5, 5.41) is -5.42. The molecule has 0 N–H and O–H groups in total. The van der Waals surface area contributed by atoms with Crippen LogP contribution in [0.25, 0.3) is 0 Å². The summed E-state index contributed by atoms with van der Waals surface area (Å²) in [6.45, 7) is 0. The van der Waals surface area contributed by atoms with E-state index < -0.39 is 43.4 Å². The summed E-state index contributed by atoms with van der Waals surface area (Å²) in [4.78, 5) is 0.996. The maximum Gasteiger partial charge on any atom is 0.432 e. The van der Waals surface area contributed by atoms with Crippen LogP contribution in [0, 0.1) is 17.8 Å². The van der Waals surface area contributed by atoms with E-state index in [2.05, 4.69) is 0 Å². The molecule has 3 aromatic carbocycles. The summed E-state index contributed by atoms with van der Waals surface area (Å²) < 4.78 is 96.2. The Labute approximate surface area is 247 Å². The number of hydrogen-bond acceptors (Lipinski definition) is 3. The molecule has 3 unspecified atom stereocenters. The van der Waals surface area contributed by atoms with Crippen molar-refractivity contribution in [3.63, 3.8) is 0 Å². The Balaban J connectivity index is 1.47. The smallest absolute Gasteiger partial charge is 0.202 e. The van der Waals surface area contributed by atoms with Gasteiger partial charge in [0.05, 0.1) is 0 Å². The Morgan fingerprint density at radius 1 is 0.643 bits per heavy atom. The number of fused-ring (bicyclic) bond motifs is 2. The van der Waals surface area contributed by atoms with E-state index in [9.17, 15) is 8.42 Å². The van der Waals surface area contributed by atoms with Crippen LogP contribution in [0.2, 0.25) is 0 Å². The standard InChI is InChI=1S/C33H36F4O3S2/c34-32(35,31-23-24-16-17-27(31)22-24)33(36,37)42(38,39)40-41(28-12-6-2-7-13-28,29-14-8-3-9-15-29)30-20-18-26(19-21-30)25-10-4-1-5-11-25/h2-3,6-9,12-15,18-21,24-25,27,31H,1,4-5,10-11,16-17,22-23H2. The van der Waals surface area contributed by atoms with Crippen molar-refractivity contribution < 1.29 is 29.6 Å². The second kappa shape index (κ2) is 11.3. The molecule has 3 aromatic rings. The lowest BCUT2D eigenvalue weighted by molar-refractivity contribution is -0.202. The summed E-state index contributed by atoms with van der Waals surface area (Å²) in [5.41, 5.74) is 1.09. The monoisotopic (exact) mass is 620 g/mol. The molecule has 3 fully saturated rings. The van der Waals surface area contributed by atoms with Crippen LogP contribution in [0.4, 0.5) is 17.6 Å². The lowest BCUT2D eigenvalue weighted by Gasteiger charge is -2.42. The van der Waals surface area contributed by atoms with Crippen molar-refractivity contribution in [2.75, 3.05) is 0 Å². The molecule has 0 radical (unpaired) electrons. The van der Waals surface area contributed by atoms with Crippen LogP contribution < -0.4 is 0 Å². The molecule has 9 heteroatoms. The highest BCUT2D eigenvalue weighted by Crippen LogP contribution is 2.71. The van der Waals surface area contributed by atoms with Crippen molar-refractivity contribution in [2.45, 2.75) is 89.6 Å². The van der Waals surface area contributed by atoms with Crippen molar-refractivity contribution in [3.8, 4) is 0 Å². The number of rotatable bonds is 9. The number of halogens is 4. The van der Waals surface area contributed by atoms with E-state index in [1.54, 1.807) is 72.8 Å². The first-order chi connectivity index (χ1) is 20.1. The van der Waals surface area contributed by atoms with E-state index in [4.69, 9.17) is 3.63 Å². The molecule has 0 aromatic heterocycles. The highest BCUT2D eigenvalue weighted by atomic mass is 32.3. The Morgan fingerprint density at radius 2 is 1.19 bits per heavy atom. The largest absolute Gasteiger partial charge is 0.432 e. The van der Waals surface area contributed by atoms with Crippen LogP contribution in [0.1, 0.15) is 69.3 Å². The van der Waals surface area contributed by atoms with E-state index >= 15 is 17.6 Å². The lowest BCUT2D eigenvalue weighted by Crippen LogP contribution is -2.53. The van der Waals surface area contributed by atoms with Crippen molar-refractivity contribution in [1.82, 2.24) is 0 Å². The predicted octanol–water partition coefficient (Wildman–Crippen LogP) is 9.94. The van der Waals surface area contributed by atoms with Gasteiger partial charge in [-0.3, -0.25) is 0 Å². The third-order valence-corrected chi connectivity index (χ3v) is 14.8. The maximum atomic E-state index is 15.9. The minimum absolute atomic E-state index is 0.0636. The predicted molar refractivity (Wildman–Crippen MR) is 156 cm³/mol. The molecule has 0 amide bonds. The zero-order chi connectivity index (χ0) is 29.6. The highest BCUT2D eigenvalue weighted by Gasteiger charge is 2.73. The zero-order valence-corrected chi connectivity index (χ0v) is 24.9. The van der Waals surface area contributed by atoms with Gasteiger partial charge in [-0.25, -0.2) is 3.63 Å². The number of hydrogen-bond donors (Lipinski definition) is 0. The molecule has 3 saturated carbocycles. The van der Waals surface area contributed by atoms with Crippen molar-refractivity contribution in [3.05, 3.63) is 90.5 Å². The Bertz CT molecular complexity index is 1440. The van der Waals surface area contributed by atoms with Crippen molar-refractivity contribution in [1.29, 1.82) is 0 Å². The van der Waals surface area contributed by atoms with Crippen LogP contribution in [0.15, 0.2) is 99.6 Å². The molecule has 0 spiro atoms. The molecule has 3 nitrogen and oxygen atoms in total. The molecule has 42 heavy (non-hydrogen) atoms. The van der Waals surface area contributed by atoms with Gasteiger partial charge in [-0.05, 0) is 102 Å². The molecular formula is C33H36F4O3S2. The first kappa shape index (κ1) is 29.7. The summed E-state index contributed by atoms with van der Waals surface area (Å²) in [6, 6.07) is 23.8. The molecule has 3 aliphatic carbocycles. The minimum Gasteiger partial charge on any atom is -0.202 e. The fraction of sp³-hybridized carbons (Fsp3) is 0.455. The lowest BCUT2D eigenvalue weighted by atomic mass is 9.84. The van der Waals surface area contributed by atoms with Crippen molar-refractivity contribution in [2.24, 2.45) is 17.8 Å². The molecule has 0 heterocycles. The number of alkyl halides is 4. The SMILES string of the molecule is O=S(=O)(OS(c1ccccc1)(c1ccccc1)c1ccc(C2CCCCC2)cc1)C(F)(F)C(F)(F)C1CC2CCC1C2. The fourth-order valence-electron chi connectivity index (χ4n) is 7.37. The second-order valence-corrected chi connectivity index (χ2v) is 16.5. The van der Waals surface area contributed by atoms with Gasteiger partial charge in [-0.1, -0.05) is 74.2 Å². The summed E-state index contributed by atoms with van der Waals surface area (Å²) in [7, 11) is -9.57. The topological polar surface area (TPSA) is 43.4 Å². The second-order valence-electron chi connectivity index (χ2n) is 12.0. The van der Waals surface area contributed by atoms with Gasteiger partial charge >= 0.3 is 21.3 Å². The van der Waals surface area contributed by atoms with Crippen LogP contribution in [0.3, 0.4) is 0 Å². The summed E-state index contributed by atoms with van der Waals surface area (Å²) >= 11 is 0. The normalized spacial score (nSPS) is 24.1. The summed E-state index contributed by atoms with van der Waals surface area (Å²) in [5.74, 6) is -6.78. The van der Waals surface area contributed by atoms with E-state index in [-0.39, 0.29) is 12.3 Å². The maximum absolute atomic E-state index is 15.9. The van der Waals surface area contributed by atoms with Gasteiger partial charge in [0, 0.05) is 20.6 Å². The quantitative estimate of drug-likeness (QED) is 0.224. The highest BCUT2D eigenvalue weighted by molar-refractivity contribution is 8.33. The van der Waals surface area contributed by atoms with Crippen LogP contribution in [-0.2, 0) is 13.7 Å². The van der Waals surface area contributed by atoms with Gasteiger partial charge < -0.3 is 0 Å². The third-order valence-electron chi connectivity index (χ3n) is 9.54. The first-order valence-corrected chi connectivity index (χ1v) is 17.8. The Kier molecular flexibility index (Phi) is 7.98. The van der Waals surface area contributed by atoms with E-state index in [0.29, 0.717) is 33.4 Å². The molecule has 6 rings (SSSR count). The molecule has 3 aliphatic rings. The van der Waals surface area contributed by atoms with Crippen LogP contribution in [-0.4, -0.2) is 19.6 Å². The molecule has 0 saturated heterocycles. The molecular weight excluding hydrogens is 584 g/mol. The van der Waals surface area contributed by atoms with Gasteiger partial charge in [-0.15, -0.1) is 0 Å². The van der Waals surface area contributed by atoms with Gasteiger partial charge in [0.1, 0.15) is 0 Å². The molecule has 0 aliphatic heterocycles. The van der Waals surface area contributed by atoms with E-state index in [0.717, 1.165) is 37.7 Å². The minimum atomic E-state index is -6.15.